The summed E-state index contributed by atoms with van der Waals surface area (Å²) in [5.74, 6) is -1.06. The molecule has 0 aliphatic rings. The van der Waals surface area contributed by atoms with E-state index in [0.29, 0.717) is 11.6 Å². The van der Waals surface area contributed by atoms with Crippen LogP contribution >= 0.6 is 0 Å². The Morgan fingerprint density at radius 1 is 1.13 bits per heavy atom. The molecule has 2 aromatic carbocycles. The average Bonchev–Trinajstić information content (AvgIpc) is 2.72. The molecule has 0 fully saturated rings. The quantitative estimate of drug-likeness (QED) is 0.325. The maximum absolute atomic E-state index is 12.6. The van der Waals surface area contributed by atoms with Crippen molar-refractivity contribution in [3.63, 3.8) is 0 Å². The van der Waals surface area contributed by atoms with Crippen molar-refractivity contribution in [2.75, 3.05) is 23.8 Å². The molecule has 30 heavy (non-hydrogen) atoms. The zero-order valence-corrected chi connectivity index (χ0v) is 17.0. The van der Waals surface area contributed by atoms with Crippen LogP contribution in [0.2, 0.25) is 0 Å². The number of anilines is 2. The molecule has 0 aliphatic carbocycles. The molecule has 0 spiro atoms. The predicted octanol–water partition coefficient (Wildman–Crippen LogP) is 3.31. The first kappa shape index (κ1) is 22.8. The fourth-order valence-electron chi connectivity index (χ4n) is 2.63. The van der Waals surface area contributed by atoms with Crippen LogP contribution in [0.1, 0.15) is 42.6 Å². The number of nitro benzene ring substituents is 1. The van der Waals surface area contributed by atoms with E-state index in [9.17, 15) is 19.7 Å². The summed E-state index contributed by atoms with van der Waals surface area (Å²) >= 11 is 0. The van der Waals surface area contributed by atoms with Crippen molar-refractivity contribution in [1.82, 2.24) is 0 Å². The summed E-state index contributed by atoms with van der Waals surface area (Å²) in [6, 6.07) is 11.0. The zero-order valence-electron chi connectivity index (χ0n) is 17.0. The molecular formula is C21H25N3O6. The van der Waals surface area contributed by atoms with Crippen molar-refractivity contribution in [3.05, 3.63) is 63.7 Å². The number of nitrogens with zero attached hydrogens (tertiary/aromatic N) is 1. The SMILES string of the molecule is CC(C)c1ccc(NC(=O)[C@@H](C)OC(=O)c2cc([N+](=O)[O-])ccc2NCCO)cc1. The smallest absolute Gasteiger partial charge is 0.341 e. The topological polar surface area (TPSA) is 131 Å². The molecule has 0 aromatic heterocycles. The van der Waals surface area contributed by atoms with E-state index in [2.05, 4.69) is 24.5 Å². The molecule has 0 unspecified atom stereocenters. The van der Waals surface area contributed by atoms with E-state index in [-0.39, 0.29) is 30.1 Å². The van der Waals surface area contributed by atoms with Crippen LogP contribution in [0.4, 0.5) is 17.1 Å². The van der Waals surface area contributed by atoms with Gasteiger partial charge in [-0.05, 0) is 36.6 Å². The van der Waals surface area contributed by atoms with Crippen LogP contribution in [0.15, 0.2) is 42.5 Å². The Balaban J connectivity index is 2.10. The van der Waals surface area contributed by atoms with E-state index in [1.54, 1.807) is 12.1 Å². The van der Waals surface area contributed by atoms with Crippen molar-refractivity contribution in [1.29, 1.82) is 0 Å². The van der Waals surface area contributed by atoms with Crippen LogP contribution < -0.4 is 10.6 Å². The highest BCUT2D eigenvalue weighted by molar-refractivity contribution is 6.00. The van der Waals surface area contributed by atoms with Gasteiger partial charge in [-0.3, -0.25) is 14.9 Å². The molecule has 2 aromatic rings. The first-order chi connectivity index (χ1) is 14.2. The number of aliphatic hydroxyl groups is 1. The summed E-state index contributed by atoms with van der Waals surface area (Å²) in [4.78, 5) is 35.3. The largest absolute Gasteiger partial charge is 0.449 e. The highest BCUT2D eigenvalue weighted by Crippen LogP contribution is 2.24. The van der Waals surface area contributed by atoms with Gasteiger partial charge in [-0.25, -0.2) is 4.79 Å². The molecule has 2 rings (SSSR count). The number of non-ortho nitro benzene ring substituents is 1. The van der Waals surface area contributed by atoms with Crippen molar-refractivity contribution in [3.8, 4) is 0 Å². The summed E-state index contributed by atoms with van der Waals surface area (Å²) in [6.45, 7) is 5.48. The van der Waals surface area contributed by atoms with Crippen molar-refractivity contribution in [2.45, 2.75) is 32.8 Å². The highest BCUT2D eigenvalue weighted by atomic mass is 16.6. The minimum absolute atomic E-state index is 0.0985. The van der Waals surface area contributed by atoms with Gasteiger partial charge in [-0.1, -0.05) is 26.0 Å². The molecule has 3 N–H and O–H groups in total. The second-order valence-electron chi connectivity index (χ2n) is 6.95. The van der Waals surface area contributed by atoms with E-state index in [4.69, 9.17) is 9.84 Å². The van der Waals surface area contributed by atoms with Gasteiger partial charge in [-0.2, -0.15) is 0 Å². The summed E-state index contributed by atoms with van der Waals surface area (Å²) in [5.41, 5.74) is 1.56. The van der Waals surface area contributed by atoms with Crippen LogP contribution in [-0.2, 0) is 9.53 Å². The van der Waals surface area contributed by atoms with E-state index < -0.39 is 22.9 Å². The van der Waals surface area contributed by atoms with Gasteiger partial charge in [0.15, 0.2) is 6.10 Å². The van der Waals surface area contributed by atoms with Gasteiger partial charge in [0, 0.05) is 30.1 Å². The van der Waals surface area contributed by atoms with Crippen LogP contribution in [0.3, 0.4) is 0 Å². The number of ether oxygens (including phenoxy) is 1. The first-order valence-electron chi connectivity index (χ1n) is 9.48. The van der Waals surface area contributed by atoms with E-state index >= 15 is 0 Å². The Morgan fingerprint density at radius 3 is 2.37 bits per heavy atom. The van der Waals surface area contributed by atoms with Crippen molar-refractivity contribution >= 4 is 28.9 Å². The molecule has 0 radical (unpaired) electrons. The number of aliphatic hydroxyl groups excluding tert-OH is 1. The number of hydrogen-bond donors (Lipinski definition) is 3. The predicted molar refractivity (Wildman–Crippen MR) is 113 cm³/mol. The number of benzene rings is 2. The number of hydrogen-bond acceptors (Lipinski definition) is 7. The second kappa shape index (κ2) is 10.4. The molecule has 9 nitrogen and oxygen atoms in total. The number of amides is 1. The van der Waals surface area contributed by atoms with Gasteiger partial charge in [0.25, 0.3) is 11.6 Å². The number of carbonyl (C=O) groups is 2. The Morgan fingerprint density at radius 2 is 1.80 bits per heavy atom. The molecule has 160 valence electrons. The minimum Gasteiger partial charge on any atom is -0.449 e. The van der Waals surface area contributed by atoms with E-state index in [0.717, 1.165) is 11.6 Å². The van der Waals surface area contributed by atoms with Crippen LogP contribution in [0.5, 0.6) is 0 Å². The summed E-state index contributed by atoms with van der Waals surface area (Å²) < 4.78 is 5.21. The molecule has 1 amide bonds. The monoisotopic (exact) mass is 415 g/mol. The number of rotatable bonds is 9. The van der Waals surface area contributed by atoms with Gasteiger partial charge in [-0.15, -0.1) is 0 Å². The number of nitrogens with one attached hydrogen (secondary N) is 2. The normalized spacial score (nSPS) is 11.6. The Bertz CT molecular complexity index is 911. The molecule has 0 bridgehead atoms. The number of carbonyl (C=O) groups excluding carboxylic acids is 2. The molecule has 0 saturated heterocycles. The van der Waals surface area contributed by atoms with E-state index in [1.807, 2.05) is 12.1 Å². The lowest BCUT2D eigenvalue weighted by molar-refractivity contribution is -0.384. The Labute approximate surface area is 174 Å². The minimum atomic E-state index is -1.13. The molecule has 1 atom stereocenters. The van der Waals surface area contributed by atoms with Crippen LogP contribution in [-0.4, -0.2) is 41.2 Å². The summed E-state index contributed by atoms with van der Waals surface area (Å²) in [5, 5.41) is 25.5. The maximum atomic E-state index is 12.6. The molecule has 0 heterocycles. The second-order valence-corrected chi connectivity index (χ2v) is 6.95. The summed E-state index contributed by atoms with van der Waals surface area (Å²) in [6.07, 6.45) is -1.13. The van der Waals surface area contributed by atoms with Gasteiger partial charge in [0.05, 0.1) is 17.1 Å². The van der Waals surface area contributed by atoms with Crippen LogP contribution in [0.25, 0.3) is 0 Å². The molecule has 0 saturated carbocycles. The van der Waals surface area contributed by atoms with Gasteiger partial charge >= 0.3 is 5.97 Å². The Hall–Kier alpha value is -3.46. The first-order valence-corrected chi connectivity index (χ1v) is 9.48. The van der Waals surface area contributed by atoms with Crippen molar-refractivity contribution < 1.29 is 24.4 Å². The lowest BCUT2D eigenvalue weighted by atomic mass is 10.0. The lowest BCUT2D eigenvalue weighted by Crippen LogP contribution is -2.30. The molecule has 9 heteroatoms. The molecular weight excluding hydrogens is 390 g/mol. The third kappa shape index (κ3) is 6.02. The summed E-state index contributed by atoms with van der Waals surface area (Å²) in [7, 11) is 0. The molecule has 0 aliphatic heterocycles. The maximum Gasteiger partial charge on any atom is 0.341 e. The van der Waals surface area contributed by atoms with E-state index in [1.165, 1.54) is 19.1 Å². The van der Waals surface area contributed by atoms with Gasteiger partial charge in [0.2, 0.25) is 0 Å². The number of nitro groups is 1. The Kier molecular flexibility index (Phi) is 7.88. The average molecular weight is 415 g/mol. The third-order valence-electron chi connectivity index (χ3n) is 4.36. The fourth-order valence-corrected chi connectivity index (χ4v) is 2.63. The number of esters is 1. The highest BCUT2D eigenvalue weighted by Gasteiger charge is 2.23. The fraction of sp³-hybridized carbons (Fsp3) is 0.333. The third-order valence-corrected chi connectivity index (χ3v) is 4.36. The van der Waals surface area contributed by atoms with Gasteiger partial charge in [0.1, 0.15) is 0 Å². The van der Waals surface area contributed by atoms with Gasteiger partial charge < -0.3 is 20.5 Å². The zero-order chi connectivity index (χ0) is 22.3. The van der Waals surface area contributed by atoms with Crippen LogP contribution in [0, 0.1) is 10.1 Å². The lowest BCUT2D eigenvalue weighted by Gasteiger charge is -2.16. The van der Waals surface area contributed by atoms with Crippen molar-refractivity contribution in [2.24, 2.45) is 0 Å². The standard InChI is InChI=1S/C21H25N3O6/c1-13(2)15-4-6-16(7-5-15)23-20(26)14(3)30-21(27)18-12-17(24(28)29)8-9-19(18)22-10-11-25/h4-9,12-14,22,25H,10-11H2,1-3H3,(H,23,26)/t14-/m1/s1.